The van der Waals surface area contributed by atoms with Crippen LogP contribution >= 0.6 is 0 Å². The molecule has 0 aliphatic rings. The summed E-state index contributed by atoms with van der Waals surface area (Å²) in [5.41, 5.74) is 1.77. The zero-order chi connectivity index (χ0) is 18.4. The number of oxazole rings is 1. The van der Waals surface area contributed by atoms with Gasteiger partial charge >= 0.3 is 5.97 Å². The zero-order valence-corrected chi connectivity index (χ0v) is 14.9. The van der Waals surface area contributed by atoms with E-state index in [2.05, 4.69) is 11.9 Å². The Morgan fingerprint density at radius 3 is 2.77 bits per heavy atom. The number of para-hydroxylation sites is 2. The highest BCUT2D eigenvalue weighted by atomic mass is 16.5. The molecule has 0 fully saturated rings. The van der Waals surface area contributed by atoms with Crippen molar-refractivity contribution in [3.63, 3.8) is 0 Å². The summed E-state index contributed by atoms with van der Waals surface area (Å²) in [6, 6.07) is 12.4. The van der Waals surface area contributed by atoms with Crippen LogP contribution in [-0.4, -0.2) is 24.7 Å². The molecule has 0 aliphatic carbocycles. The minimum Gasteiger partial charge on any atom is -0.493 e. The molecule has 3 rings (SSSR count). The second-order valence-electron chi connectivity index (χ2n) is 5.72. The first-order chi connectivity index (χ1) is 12.7. The molecule has 0 amide bonds. The van der Waals surface area contributed by atoms with Crippen molar-refractivity contribution in [3.8, 4) is 11.5 Å². The molecule has 0 bridgehead atoms. The number of fused-ring (bicyclic) bond motifs is 1. The van der Waals surface area contributed by atoms with Crippen molar-refractivity contribution in [1.29, 1.82) is 0 Å². The lowest BCUT2D eigenvalue weighted by molar-refractivity contribution is 0.0440. The molecule has 0 aliphatic heterocycles. The van der Waals surface area contributed by atoms with E-state index in [9.17, 15) is 4.79 Å². The number of rotatable bonds is 8. The third kappa shape index (κ3) is 4.14. The highest BCUT2D eigenvalue weighted by Gasteiger charge is 2.14. The molecule has 0 radical (unpaired) electrons. The van der Waals surface area contributed by atoms with Gasteiger partial charge in [0.05, 0.1) is 19.3 Å². The average molecular weight is 355 g/mol. The van der Waals surface area contributed by atoms with E-state index in [1.807, 2.05) is 24.3 Å². The van der Waals surface area contributed by atoms with Crippen molar-refractivity contribution in [1.82, 2.24) is 4.98 Å². The van der Waals surface area contributed by atoms with Gasteiger partial charge in [0.25, 0.3) is 0 Å². The van der Waals surface area contributed by atoms with E-state index in [-0.39, 0.29) is 6.61 Å². The summed E-state index contributed by atoms with van der Waals surface area (Å²) < 4.78 is 21.8. The number of methoxy groups -OCH3 is 1. The quantitative estimate of drug-likeness (QED) is 0.441. The monoisotopic (exact) mass is 355 g/mol. The summed E-state index contributed by atoms with van der Waals surface area (Å²) >= 11 is 0. The molecule has 1 aromatic heterocycles. The lowest BCUT2D eigenvalue weighted by Crippen LogP contribution is -2.06. The lowest BCUT2D eigenvalue weighted by atomic mass is 10.2. The van der Waals surface area contributed by atoms with Gasteiger partial charge in [-0.2, -0.15) is 0 Å². The first kappa shape index (κ1) is 17.8. The fourth-order valence-corrected chi connectivity index (χ4v) is 2.43. The van der Waals surface area contributed by atoms with E-state index >= 15 is 0 Å². The van der Waals surface area contributed by atoms with E-state index in [1.165, 1.54) is 7.11 Å². The summed E-state index contributed by atoms with van der Waals surface area (Å²) in [6.07, 6.45) is 2.00. The van der Waals surface area contributed by atoms with Gasteiger partial charge < -0.3 is 18.6 Å². The van der Waals surface area contributed by atoms with Crippen LogP contribution in [0.25, 0.3) is 11.1 Å². The Labute approximate surface area is 151 Å². The predicted octanol–water partition coefficient (Wildman–Crippen LogP) is 4.37. The van der Waals surface area contributed by atoms with Crippen molar-refractivity contribution >= 4 is 17.1 Å². The number of unbranched alkanes of at least 4 members (excludes halogenated alkanes) is 1. The summed E-state index contributed by atoms with van der Waals surface area (Å²) in [6.45, 7) is 2.66. The second kappa shape index (κ2) is 8.38. The molecule has 6 nitrogen and oxygen atoms in total. The number of hydrogen-bond donors (Lipinski definition) is 0. The van der Waals surface area contributed by atoms with Crippen molar-refractivity contribution < 1.29 is 23.4 Å². The van der Waals surface area contributed by atoms with E-state index in [4.69, 9.17) is 18.6 Å². The van der Waals surface area contributed by atoms with Crippen molar-refractivity contribution in [3.05, 3.63) is 53.9 Å². The number of carbonyl (C=O) groups is 1. The van der Waals surface area contributed by atoms with Crippen LogP contribution in [0.2, 0.25) is 0 Å². The predicted molar refractivity (Wildman–Crippen MR) is 96.5 cm³/mol. The first-order valence-electron chi connectivity index (χ1n) is 8.53. The number of esters is 1. The highest BCUT2D eigenvalue weighted by Crippen LogP contribution is 2.28. The third-order valence-corrected chi connectivity index (χ3v) is 3.82. The fraction of sp³-hybridized carbons (Fsp3) is 0.300. The number of carbonyl (C=O) groups excluding carboxylic acids is 1. The van der Waals surface area contributed by atoms with Crippen LogP contribution < -0.4 is 9.47 Å². The van der Waals surface area contributed by atoms with Crippen molar-refractivity contribution in [2.45, 2.75) is 26.4 Å². The molecule has 136 valence electrons. The molecule has 0 spiro atoms. The number of nitrogens with zero attached hydrogens (tertiary/aromatic N) is 1. The average Bonchev–Trinajstić information content (AvgIpc) is 3.09. The largest absolute Gasteiger partial charge is 0.493 e. The molecule has 1 heterocycles. The van der Waals surface area contributed by atoms with Crippen molar-refractivity contribution in [2.75, 3.05) is 13.7 Å². The molecule has 3 aromatic rings. The molecule has 2 aromatic carbocycles. The molecule has 6 heteroatoms. The van der Waals surface area contributed by atoms with Gasteiger partial charge in [0, 0.05) is 0 Å². The molecule has 26 heavy (non-hydrogen) atoms. The Hall–Kier alpha value is -3.02. The number of benzene rings is 2. The highest BCUT2D eigenvalue weighted by molar-refractivity contribution is 5.90. The summed E-state index contributed by atoms with van der Waals surface area (Å²) in [5.74, 6) is 0.977. The van der Waals surface area contributed by atoms with Crippen molar-refractivity contribution in [2.24, 2.45) is 0 Å². The van der Waals surface area contributed by atoms with Gasteiger partial charge in [0.2, 0.25) is 5.89 Å². The Kier molecular flexibility index (Phi) is 5.73. The molecule has 0 saturated carbocycles. The smallest absolute Gasteiger partial charge is 0.338 e. The Morgan fingerprint density at radius 2 is 2.00 bits per heavy atom. The molecule has 0 saturated heterocycles. The number of aromatic nitrogens is 1. The third-order valence-electron chi connectivity index (χ3n) is 3.82. The van der Waals surface area contributed by atoms with E-state index < -0.39 is 5.97 Å². The van der Waals surface area contributed by atoms with E-state index in [0.717, 1.165) is 18.4 Å². The molecule has 0 atom stereocenters. The van der Waals surface area contributed by atoms with Gasteiger partial charge in [-0.1, -0.05) is 25.5 Å². The summed E-state index contributed by atoms with van der Waals surface area (Å²) in [4.78, 5) is 16.6. The Morgan fingerprint density at radius 1 is 1.15 bits per heavy atom. The fourth-order valence-electron chi connectivity index (χ4n) is 2.43. The minimum absolute atomic E-state index is 0.0371. The maximum absolute atomic E-state index is 12.3. The Bertz CT molecular complexity index is 854. The second-order valence-corrected chi connectivity index (χ2v) is 5.72. The minimum atomic E-state index is -0.481. The lowest BCUT2D eigenvalue weighted by Gasteiger charge is -2.11. The van der Waals surface area contributed by atoms with Crippen LogP contribution in [0, 0.1) is 0 Å². The maximum atomic E-state index is 12.3. The Balaban J connectivity index is 1.65. The topological polar surface area (TPSA) is 70.8 Å². The van der Waals surface area contributed by atoms with Crippen LogP contribution in [0.1, 0.15) is 36.0 Å². The summed E-state index contributed by atoms with van der Waals surface area (Å²) in [5, 5.41) is 0. The normalized spacial score (nSPS) is 10.7. The van der Waals surface area contributed by atoms with Crippen LogP contribution in [-0.2, 0) is 11.3 Å². The van der Waals surface area contributed by atoms with E-state index in [0.29, 0.717) is 35.1 Å². The summed E-state index contributed by atoms with van der Waals surface area (Å²) in [7, 11) is 1.54. The number of ether oxygens (including phenoxy) is 3. The van der Waals surface area contributed by atoms with Crippen LogP contribution in [0.4, 0.5) is 0 Å². The SMILES string of the molecule is CCCCOc1ccc(C(=O)OCc2nc3ccccc3o2)cc1OC. The first-order valence-corrected chi connectivity index (χ1v) is 8.53. The van der Waals surface area contributed by atoms with Gasteiger partial charge in [-0.05, 0) is 36.8 Å². The molecule has 0 N–H and O–H groups in total. The van der Waals surface area contributed by atoms with Gasteiger partial charge in [0.15, 0.2) is 23.7 Å². The molecular formula is C20H21NO5. The van der Waals surface area contributed by atoms with Gasteiger partial charge in [-0.15, -0.1) is 0 Å². The van der Waals surface area contributed by atoms with Gasteiger partial charge in [-0.3, -0.25) is 0 Å². The zero-order valence-electron chi connectivity index (χ0n) is 14.9. The van der Waals surface area contributed by atoms with E-state index in [1.54, 1.807) is 18.2 Å². The standard InChI is InChI=1S/C20H21NO5/c1-3-4-11-24-17-10-9-14(12-18(17)23-2)20(22)25-13-19-21-15-7-5-6-8-16(15)26-19/h5-10,12H,3-4,11,13H2,1-2H3. The van der Waals surface area contributed by atoms with Gasteiger partial charge in [0.1, 0.15) is 5.52 Å². The van der Waals surface area contributed by atoms with Crippen LogP contribution in [0.5, 0.6) is 11.5 Å². The maximum Gasteiger partial charge on any atom is 0.338 e. The van der Waals surface area contributed by atoms with Gasteiger partial charge in [-0.25, -0.2) is 9.78 Å². The van der Waals surface area contributed by atoms with Crippen LogP contribution in [0.3, 0.4) is 0 Å². The molecular weight excluding hydrogens is 334 g/mol. The van der Waals surface area contributed by atoms with Crippen LogP contribution in [0.15, 0.2) is 46.9 Å². The molecule has 0 unspecified atom stereocenters. The number of hydrogen-bond acceptors (Lipinski definition) is 6.